The van der Waals surface area contributed by atoms with Crippen LogP contribution in [0.25, 0.3) is 0 Å². The molecule has 1 atom stereocenters. The van der Waals surface area contributed by atoms with Gasteiger partial charge in [-0.1, -0.05) is 42.5 Å². The smallest absolute Gasteiger partial charge is 0.346 e. The van der Waals surface area contributed by atoms with Crippen LogP contribution < -0.4 is 15.4 Å². The molecule has 31 heavy (non-hydrogen) atoms. The van der Waals surface area contributed by atoms with Crippen LogP contribution in [0.4, 0.5) is 16.2 Å². The molecule has 2 N–H and O–H groups in total. The fourth-order valence-corrected chi connectivity index (χ4v) is 3.32. The fourth-order valence-electron chi connectivity index (χ4n) is 3.32. The first-order valence-electron chi connectivity index (χ1n) is 9.77. The van der Waals surface area contributed by atoms with Crippen molar-refractivity contribution in [1.82, 2.24) is 10.3 Å². The third kappa shape index (κ3) is 4.11. The van der Waals surface area contributed by atoms with E-state index in [1.807, 2.05) is 54.6 Å². The Hall–Kier alpha value is -4.13. The Kier molecular flexibility index (Phi) is 5.41. The first-order chi connectivity index (χ1) is 15.0. The van der Waals surface area contributed by atoms with Gasteiger partial charge in [0, 0.05) is 11.4 Å². The summed E-state index contributed by atoms with van der Waals surface area (Å²) in [6, 6.07) is 23.8. The normalized spacial score (nSPS) is 18.3. The molecule has 0 aromatic heterocycles. The Morgan fingerprint density at radius 1 is 0.968 bits per heavy atom. The second-order valence-electron chi connectivity index (χ2n) is 7.26. The number of urea groups is 1. The van der Waals surface area contributed by atoms with Crippen molar-refractivity contribution >= 4 is 29.5 Å². The number of anilines is 2. The average molecular weight is 414 g/mol. The summed E-state index contributed by atoms with van der Waals surface area (Å²) in [7, 11) is 1.55. The van der Waals surface area contributed by atoms with Crippen LogP contribution in [0.1, 0.15) is 18.1 Å². The van der Waals surface area contributed by atoms with Gasteiger partial charge < -0.3 is 15.4 Å². The van der Waals surface area contributed by atoms with Crippen LogP contribution >= 0.6 is 0 Å². The number of imide groups is 1. The minimum atomic E-state index is -1.22. The number of hydrogen-bond donors (Lipinski definition) is 2. The highest BCUT2D eigenvalue weighted by molar-refractivity contribution is 6.07. The molecule has 7 nitrogen and oxygen atoms in total. The lowest BCUT2D eigenvalue weighted by Crippen LogP contribution is -2.40. The predicted octanol–water partition coefficient (Wildman–Crippen LogP) is 4.24. The first kappa shape index (κ1) is 20.2. The van der Waals surface area contributed by atoms with Gasteiger partial charge in [-0.15, -0.1) is 5.01 Å². The van der Waals surface area contributed by atoms with Gasteiger partial charge in [0.15, 0.2) is 0 Å². The van der Waals surface area contributed by atoms with E-state index in [1.54, 1.807) is 38.3 Å². The van der Waals surface area contributed by atoms with Gasteiger partial charge in [-0.05, 0) is 54.4 Å². The maximum Gasteiger partial charge on any atom is 0.346 e. The van der Waals surface area contributed by atoms with Gasteiger partial charge in [0.2, 0.25) is 0 Å². The van der Waals surface area contributed by atoms with Crippen LogP contribution in [0.3, 0.4) is 0 Å². The van der Waals surface area contributed by atoms with Crippen molar-refractivity contribution in [2.45, 2.75) is 12.5 Å². The predicted molar refractivity (Wildman–Crippen MR) is 119 cm³/mol. The van der Waals surface area contributed by atoms with Crippen molar-refractivity contribution < 1.29 is 14.3 Å². The lowest BCUT2D eigenvalue weighted by molar-refractivity contribution is -0.131. The van der Waals surface area contributed by atoms with Gasteiger partial charge in [0.1, 0.15) is 11.3 Å². The van der Waals surface area contributed by atoms with E-state index in [0.717, 1.165) is 21.9 Å². The summed E-state index contributed by atoms with van der Waals surface area (Å²) in [5, 5.41) is 11.0. The molecule has 0 saturated carbocycles. The molecule has 7 heteroatoms. The zero-order chi connectivity index (χ0) is 21.8. The van der Waals surface area contributed by atoms with Crippen molar-refractivity contribution in [2.24, 2.45) is 5.10 Å². The van der Waals surface area contributed by atoms with Gasteiger partial charge in [-0.25, -0.2) is 4.79 Å². The Balaban J connectivity index is 1.48. The van der Waals surface area contributed by atoms with E-state index < -0.39 is 17.5 Å². The van der Waals surface area contributed by atoms with Crippen molar-refractivity contribution in [3.8, 4) is 5.75 Å². The Morgan fingerprint density at radius 3 is 2.39 bits per heavy atom. The second-order valence-corrected chi connectivity index (χ2v) is 7.26. The zero-order valence-corrected chi connectivity index (χ0v) is 17.2. The molecule has 1 heterocycles. The summed E-state index contributed by atoms with van der Waals surface area (Å²) >= 11 is 0. The molecular weight excluding hydrogens is 392 g/mol. The number of carbonyl (C=O) groups excluding carboxylic acids is 2. The number of hydrazone groups is 1. The van der Waals surface area contributed by atoms with E-state index in [4.69, 9.17) is 4.74 Å². The van der Waals surface area contributed by atoms with Crippen LogP contribution in [-0.4, -0.2) is 30.3 Å². The highest BCUT2D eigenvalue weighted by atomic mass is 16.5. The molecule has 0 radical (unpaired) electrons. The van der Waals surface area contributed by atoms with E-state index >= 15 is 0 Å². The van der Waals surface area contributed by atoms with Gasteiger partial charge in [-0.3, -0.25) is 4.79 Å². The molecule has 0 bridgehead atoms. The first-order valence-corrected chi connectivity index (χ1v) is 9.77. The molecule has 156 valence electrons. The quantitative estimate of drug-likeness (QED) is 0.467. The highest BCUT2D eigenvalue weighted by Gasteiger charge is 2.49. The molecule has 1 fully saturated rings. The Morgan fingerprint density at radius 2 is 1.68 bits per heavy atom. The number of para-hydroxylation sites is 1. The molecule has 0 unspecified atom stereocenters. The Bertz CT molecular complexity index is 1130. The van der Waals surface area contributed by atoms with Gasteiger partial charge in [0.25, 0.3) is 5.91 Å². The van der Waals surface area contributed by atoms with E-state index in [9.17, 15) is 9.59 Å². The van der Waals surface area contributed by atoms with Crippen molar-refractivity contribution in [3.05, 3.63) is 90.0 Å². The lowest BCUT2D eigenvalue weighted by Gasteiger charge is -2.21. The second kappa shape index (κ2) is 8.31. The molecule has 4 rings (SSSR count). The van der Waals surface area contributed by atoms with Crippen LogP contribution in [-0.2, 0) is 10.3 Å². The number of hydrogen-bond acceptors (Lipinski definition) is 5. The van der Waals surface area contributed by atoms with Gasteiger partial charge >= 0.3 is 6.03 Å². The number of carbonyl (C=O) groups is 2. The summed E-state index contributed by atoms with van der Waals surface area (Å²) in [5.41, 5.74) is 2.07. The summed E-state index contributed by atoms with van der Waals surface area (Å²) in [6.07, 6.45) is 1.49. The van der Waals surface area contributed by atoms with Gasteiger partial charge in [0.05, 0.1) is 13.3 Å². The van der Waals surface area contributed by atoms with Gasteiger partial charge in [-0.2, -0.15) is 5.10 Å². The van der Waals surface area contributed by atoms with Crippen LogP contribution in [0.5, 0.6) is 5.75 Å². The van der Waals surface area contributed by atoms with Crippen LogP contribution in [0, 0.1) is 0 Å². The molecular formula is C24H22N4O3. The summed E-state index contributed by atoms with van der Waals surface area (Å²) in [4.78, 5) is 25.4. The Labute approximate surface area is 180 Å². The molecule has 0 spiro atoms. The number of nitrogens with zero attached hydrogens (tertiary/aromatic N) is 2. The van der Waals surface area contributed by atoms with E-state index in [-0.39, 0.29) is 0 Å². The number of ether oxygens (including phenoxy) is 1. The number of rotatable bonds is 6. The maximum absolute atomic E-state index is 13.0. The minimum Gasteiger partial charge on any atom is -0.497 e. The summed E-state index contributed by atoms with van der Waals surface area (Å²) < 4.78 is 5.23. The highest BCUT2D eigenvalue weighted by Crippen LogP contribution is 2.31. The SMILES string of the molecule is COc1cccc([C@@]2(C)NC(=O)N(/N=C\c3ccc(Nc4ccccc4)cc3)C2=O)c1. The molecule has 3 aromatic rings. The van der Waals surface area contributed by atoms with E-state index in [2.05, 4.69) is 15.7 Å². The minimum absolute atomic E-state index is 0.454. The van der Waals surface area contributed by atoms with Crippen LogP contribution in [0.2, 0.25) is 0 Å². The standard InChI is InChI=1S/C24H22N4O3/c1-24(18-7-6-10-21(15-18)31-2)22(29)28(23(30)27-24)25-16-17-11-13-20(14-12-17)26-19-8-4-3-5-9-19/h3-16,26H,1-2H3,(H,27,30)/b25-16-/t24-/m1/s1. The van der Waals surface area contributed by atoms with Crippen molar-refractivity contribution in [3.63, 3.8) is 0 Å². The van der Waals surface area contributed by atoms with E-state index in [1.165, 1.54) is 6.21 Å². The third-order valence-corrected chi connectivity index (χ3v) is 5.11. The monoisotopic (exact) mass is 414 g/mol. The third-order valence-electron chi connectivity index (χ3n) is 5.11. The summed E-state index contributed by atoms with van der Waals surface area (Å²) in [5.74, 6) is 0.149. The topological polar surface area (TPSA) is 83.0 Å². The van der Waals surface area contributed by atoms with Crippen molar-refractivity contribution in [2.75, 3.05) is 12.4 Å². The molecule has 3 aromatic carbocycles. The van der Waals surface area contributed by atoms with E-state index in [0.29, 0.717) is 11.3 Å². The molecule has 1 saturated heterocycles. The lowest BCUT2D eigenvalue weighted by atomic mass is 9.92. The largest absolute Gasteiger partial charge is 0.497 e. The zero-order valence-electron chi connectivity index (χ0n) is 17.2. The average Bonchev–Trinajstić information content (AvgIpc) is 3.03. The number of amides is 3. The number of benzene rings is 3. The summed E-state index contributed by atoms with van der Waals surface area (Å²) in [6.45, 7) is 1.65. The maximum atomic E-state index is 13.0. The molecule has 1 aliphatic heterocycles. The molecule has 0 aliphatic carbocycles. The number of methoxy groups -OCH3 is 1. The fraction of sp³-hybridized carbons (Fsp3) is 0.125. The molecule has 1 aliphatic rings. The van der Waals surface area contributed by atoms with Crippen LogP contribution in [0.15, 0.2) is 84.0 Å². The van der Waals surface area contributed by atoms with Crippen molar-refractivity contribution in [1.29, 1.82) is 0 Å². The number of nitrogens with one attached hydrogen (secondary N) is 2. The molecule has 3 amide bonds.